The number of aromatic nitrogens is 5. The van der Waals surface area contributed by atoms with Crippen LogP contribution in [0.3, 0.4) is 0 Å². The summed E-state index contributed by atoms with van der Waals surface area (Å²) >= 11 is 0. The summed E-state index contributed by atoms with van der Waals surface area (Å²) in [4.78, 5) is 24.3. The van der Waals surface area contributed by atoms with E-state index < -0.39 is 0 Å². The molecular formula is C19H24N6O. The van der Waals surface area contributed by atoms with Crippen molar-refractivity contribution in [3.05, 3.63) is 57.2 Å². The Hall–Kier alpha value is -2.67. The molecule has 0 aromatic carbocycles. The Morgan fingerprint density at radius 2 is 2.04 bits per heavy atom. The van der Waals surface area contributed by atoms with Gasteiger partial charge in [0.25, 0.3) is 5.56 Å². The van der Waals surface area contributed by atoms with Crippen molar-refractivity contribution in [2.75, 3.05) is 6.54 Å². The van der Waals surface area contributed by atoms with Crippen LogP contribution >= 0.6 is 0 Å². The van der Waals surface area contributed by atoms with Crippen LogP contribution in [-0.2, 0) is 12.8 Å². The highest BCUT2D eigenvalue weighted by molar-refractivity contribution is 5.60. The number of H-pyrrole nitrogens is 3. The second kappa shape index (κ2) is 6.92. The molecule has 0 bridgehead atoms. The summed E-state index contributed by atoms with van der Waals surface area (Å²) in [7, 11) is 0. The molecule has 1 saturated carbocycles. The molecule has 0 aliphatic heterocycles. The number of hydrogen-bond donors (Lipinski definition) is 4. The number of nitrogens with zero attached hydrogens (tertiary/aromatic N) is 2. The van der Waals surface area contributed by atoms with E-state index in [0.717, 1.165) is 30.4 Å². The zero-order chi connectivity index (χ0) is 18.1. The van der Waals surface area contributed by atoms with Crippen molar-refractivity contribution in [1.82, 2.24) is 30.5 Å². The van der Waals surface area contributed by atoms with Crippen LogP contribution in [-0.4, -0.2) is 37.7 Å². The van der Waals surface area contributed by atoms with Gasteiger partial charge in [0.15, 0.2) is 0 Å². The third-order valence-corrected chi connectivity index (χ3v) is 5.10. The van der Waals surface area contributed by atoms with Gasteiger partial charge >= 0.3 is 0 Å². The molecular weight excluding hydrogens is 328 g/mol. The summed E-state index contributed by atoms with van der Waals surface area (Å²) in [6.45, 7) is 5.29. The molecule has 0 radical (unpaired) electrons. The molecule has 3 heterocycles. The number of aryl methyl sites for hydroxylation is 1. The maximum atomic E-state index is 12.0. The van der Waals surface area contributed by atoms with E-state index in [1.54, 1.807) is 18.6 Å². The van der Waals surface area contributed by atoms with Crippen molar-refractivity contribution in [1.29, 1.82) is 0 Å². The molecule has 0 spiro atoms. The Morgan fingerprint density at radius 3 is 2.77 bits per heavy atom. The van der Waals surface area contributed by atoms with E-state index >= 15 is 0 Å². The molecule has 7 nitrogen and oxygen atoms in total. The zero-order valence-electron chi connectivity index (χ0n) is 15.1. The van der Waals surface area contributed by atoms with Gasteiger partial charge in [0.05, 0.1) is 17.0 Å². The standard InChI is InChI=1S/C19H24N6O/c1-11-14(5-6-20-13-3-4-13)12(2)24-16(11)9-17-18(22-8-7-21-17)15-10-23-25-19(15)26/h7-8,10,13,20,24H,3-6,9H2,1-2H3,(H2,23,25,26). The van der Waals surface area contributed by atoms with Crippen LogP contribution < -0.4 is 10.9 Å². The first-order chi connectivity index (χ1) is 12.6. The lowest BCUT2D eigenvalue weighted by atomic mass is 10.0. The number of hydrogen-bond acceptors (Lipinski definition) is 4. The van der Waals surface area contributed by atoms with Crippen molar-refractivity contribution in [2.24, 2.45) is 0 Å². The third-order valence-electron chi connectivity index (χ3n) is 5.10. The van der Waals surface area contributed by atoms with Crippen LogP contribution in [0.1, 0.15) is 41.1 Å². The lowest BCUT2D eigenvalue weighted by molar-refractivity contribution is 0.679. The van der Waals surface area contributed by atoms with Gasteiger partial charge in [0.1, 0.15) is 0 Å². The highest BCUT2D eigenvalue weighted by atomic mass is 16.1. The summed E-state index contributed by atoms with van der Waals surface area (Å²) in [6, 6.07) is 0.732. The zero-order valence-corrected chi connectivity index (χ0v) is 15.1. The second-order valence-electron chi connectivity index (χ2n) is 7.00. The predicted octanol–water partition coefficient (Wildman–Crippen LogP) is 1.99. The molecule has 26 heavy (non-hydrogen) atoms. The van der Waals surface area contributed by atoms with Gasteiger partial charge in [0, 0.05) is 42.4 Å². The Balaban J connectivity index is 1.58. The van der Waals surface area contributed by atoms with Crippen LogP contribution in [0.15, 0.2) is 23.4 Å². The fraction of sp³-hybridized carbons (Fsp3) is 0.421. The highest BCUT2D eigenvalue weighted by Crippen LogP contribution is 2.24. The van der Waals surface area contributed by atoms with E-state index in [1.807, 2.05) is 0 Å². The van der Waals surface area contributed by atoms with Crippen LogP contribution in [0.2, 0.25) is 0 Å². The monoisotopic (exact) mass is 352 g/mol. The molecule has 1 fully saturated rings. The van der Waals surface area contributed by atoms with Crippen LogP contribution in [0.5, 0.6) is 0 Å². The largest absolute Gasteiger partial charge is 0.362 e. The molecule has 3 aromatic rings. The first-order valence-corrected chi connectivity index (χ1v) is 9.10. The third kappa shape index (κ3) is 3.35. The van der Waals surface area contributed by atoms with Gasteiger partial charge in [-0.1, -0.05) is 0 Å². The van der Waals surface area contributed by atoms with Gasteiger partial charge in [-0.15, -0.1) is 0 Å². The van der Waals surface area contributed by atoms with Crippen molar-refractivity contribution in [3.8, 4) is 11.3 Å². The van der Waals surface area contributed by atoms with Crippen molar-refractivity contribution in [2.45, 2.75) is 45.6 Å². The minimum absolute atomic E-state index is 0.182. The van der Waals surface area contributed by atoms with E-state index in [-0.39, 0.29) is 5.56 Å². The van der Waals surface area contributed by atoms with E-state index in [9.17, 15) is 4.79 Å². The normalized spacial score (nSPS) is 14.1. The molecule has 3 aromatic heterocycles. The molecule has 4 rings (SSSR count). The fourth-order valence-electron chi connectivity index (χ4n) is 3.47. The summed E-state index contributed by atoms with van der Waals surface area (Å²) < 4.78 is 0. The summed E-state index contributed by atoms with van der Waals surface area (Å²) in [5, 5.41) is 8.86. The average Bonchev–Trinajstić information content (AvgIpc) is 3.30. The van der Waals surface area contributed by atoms with Gasteiger partial charge in [-0.2, -0.15) is 0 Å². The summed E-state index contributed by atoms with van der Waals surface area (Å²) in [5.74, 6) is 0. The topological polar surface area (TPSA) is 102 Å². The van der Waals surface area contributed by atoms with Crippen molar-refractivity contribution < 1.29 is 0 Å². The Bertz CT molecular complexity index is 963. The number of rotatable bonds is 7. The number of nitrogens with one attached hydrogen (secondary N) is 4. The molecule has 1 aliphatic rings. The first-order valence-electron chi connectivity index (χ1n) is 9.10. The van der Waals surface area contributed by atoms with Gasteiger partial charge in [0.2, 0.25) is 0 Å². The lowest BCUT2D eigenvalue weighted by Gasteiger charge is -2.06. The fourth-order valence-corrected chi connectivity index (χ4v) is 3.47. The Morgan fingerprint density at radius 1 is 1.23 bits per heavy atom. The van der Waals surface area contributed by atoms with Crippen LogP contribution in [0, 0.1) is 13.8 Å². The summed E-state index contributed by atoms with van der Waals surface area (Å²) in [6.07, 6.45) is 9.19. The number of aromatic amines is 3. The second-order valence-corrected chi connectivity index (χ2v) is 7.00. The maximum Gasteiger partial charge on any atom is 0.273 e. The Labute approximate surface area is 151 Å². The Kier molecular flexibility index (Phi) is 4.46. The van der Waals surface area contributed by atoms with Crippen molar-refractivity contribution in [3.63, 3.8) is 0 Å². The molecule has 136 valence electrons. The molecule has 4 N–H and O–H groups in total. The van der Waals surface area contributed by atoms with Gasteiger partial charge < -0.3 is 15.4 Å². The average molecular weight is 352 g/mol. The minimum atomic E-state index is -0.182. The molecule has 0 atom stereocenters. The van der Waals surface area contributed by atoms with Crippen LogP contribution in [0.4, 0.5) is 0 Å². The van der Waals surface area contributed by atoms with Gasteiger partial charge in [-0.25, -0.2) is 0 Å². The van der Waals surface area contributed by atoms with Gasteiger partial charge in [-0.3, -0.25) is 19.9 Å². The molecule has 1 aliphatic carbocycles. The maximum absolute atomic E-state index is 12.0. The first kappa shape index (κ1) is 16.8. The van der Waals surface area contributed by atoms with E-state index in [0.29, 0.717) is 17.7 Å². The molecule has 0 saturated heterocycles. The quantitative estimate of drug-likeness (QED) is 0.522. The molecule has 0 unspecified atom stereocenters. The SMILES string of the molecule is Cc1[nH]c(Cc2nccnc2-c2c[nH][nH]c2=O)c(C)c1CCNC1CC1. The molecule has 0 amide bonds. The van der Waals surface area contributed by atoms with E-state index in [2.05, 4.69) is 44.3 Å². The predicted molar refractivity (Wildman–Crippen MR) is 100 cm³/mol. The lowest BCUT2D eigenvalue weighted by Crippen LogP contribution is -2.19. The molecule has 7 heteroatoms. The van der Waals surface area contributed by atoms with Crippen LogP contribution in [0.25, 0.3) is 11.3 Å². The minimum Gasteiger partial charge on any atom is -0.362 e. The van der Waals surface area contributed by atoms with E-state index in [4.69, 9.17) is 0 Å². The van der Waals surface area contributed by atoms with E-state index in [1.165, 1.54) is 29.7 Å². The smallest absolute Gasteiger partial charge is 0.273 e. The van der Waals surface area contributed by atoms with Crippen molar-refractivity contribution >= 4 is 0 Å². The highest BCUT2D eigenvalue weighted by Gasteiger charge is 2.21. The summed E-state index contributed by atoms with van der Waals surface area (Å²) in [5.41, 5.74) is 6.75. The van der Waals surface area contributed by atoms with Gasteiger partial charge in [-0.05, 0) is 50.8 Å².